The Morgan fingerprint density at radius 3 is 2.12 bits per heavy atom. The molecule has 1 atom stereocenters. The topological polar surface area (TPSA) is 86.8 Å². The highest BCUT2D eigenvalue weighted by atomic mass is 35.5. The summed E-state index contributed by atoms with van der Waals surface area (Å²) in [4.78, 5) is 28.8. The van der Waals surface area contributed by atoms with Crippen LogP contribution in [0.4, 0.5) is 10.1 Å². The zero-order valence-electron chi connectivity index (χ0n) is 23.5. The van der Waals surface area contributed by atoms with E-state index in [0.717, 1.165) is 15.4 Å². The van der Waals surface area contributed by atoms with Crippen molar-refractivity contribution in [3.8, 4) is 0 Å². The van der Waals surface area contributed by atoms with Gasteiger partial charge in [-0.3, -0.25) is 13.9 Å². The van der Waals surface area contributed by atoms with Crippen molar-refractivity contribution in [2.45, 2.75) is 30.8 Å². The fraction of sp³-hybridized carbons (Fsp3) is 0.188. The number of carbonyl (C=O) groups excluding carboxylic acids is 2. The van der Waals surface area contributed by atoms with E-state index in [4.69, 9.17) is 23.2 Å². The van der Waals surface area contributed by atoms with Gasteiger partial charge in [0.1, 0.15) is 18.4 Å². The molecule has 0 unspecified atom stereocenters. The van der Waals surface area contributed by atoms with Crippen LogP contribution in [0, 0.1) is 12.7 Å². The van der Waals surface area contributed by atoms with Crippen molar-refractivity contribution in [3.05, 3.63) is 130 Å². The minimum atomic E-state index is -4.28. The number of nitrogens with one attached hydrogen (secondary N) is 1. The summed E-state index contributed by atoms with van der Waals surface area (Å²) in [6.45, 7) is 1.09. The van der Waals surface area contributed by atoms with Crippen LogP contribution in [0.25, 0.3) is 0 Å². The van der Waals surface area contributed by atoms with Gasteiger partial charge in [-0.25, -0.2) is 12.8 Å². The first-order chi connectivity index (χ1) is 20.5. The molecule has 11 heteroatoms. The number of hydrogen-bond acceptors (Lipinski definition) is 4. The monoisotopic (exact) mass is 641 g/mol. The van der Waals surface area contributed by atoms with E-state index in [0.29, 0.717) is 5.56 Å². The molecule has 0 saturated heterocycles. The lowest BCUT2D eigenvalue weighted by Crippen LogP contribution is -2.53. The summed E-state index contributed by atoms with van der Waals surface area (Å²) in [6, 6.07) is 24.2. The molecule has 7 nitrogen and oxygen atoms in total. The number of benzene rings is 4. The highest BCUT2D eigenvalue weighted by molar-refractivity contribution is 7.92. The zero-order valence-corrected chi connectivity index (χ0v) is 25.8. The predicted octanol–water partition coefficient (Wildman–Crippen LogP) is 6.02. The number of halogens is 3. The lowest BCUT2D eigenvalue weighted by Gasteiger charge is -2.33. The van der Waals surface area contributed by atoms with Gasteiger partial charge in [-0.2, -0.15) is 0 Å². The molecule has 0 heterocycles. The molecule has 43 heavy (non-hydrogen) atoms. The highest BCUT2D eigenvalue weighted by Gasteiger charge is 2.34. The number of nitrogens with zero attached hydrogens (tertiary/aromatic N) is 2. The third-order valence-corrected chi connectivity index (χ3v) is 9.39. The van der Waals surface area contributed by atoms with Gasteiger partial charge in [0.15, 0.2) is 0 Å². The smallest absolute Gasteiger partial charge is 0.264 e. The van der Waals surface area contributed by atoms with E-state index in [-0.39, 0.29) is 33.6 Å². The van der Waals surface area contributed by atoms with Crippen LogP contribution in [0.1, 0.15) is 16.7 Å². The molecular formula is C32H30Cl2FN3O4S. The minimum absolute atomic E-state index is 0.0332. The second kappa shape index (κ2) is 14.0. The van der Waals surface area contributed by atoms with E-state index in [1.165, 1.54) is 66.5 Å². The Hall–Kier alpha value is -3.92. The van der Waals surface area contributed by atoms with Crippen molar-refractivity contribution in [1.82, 2.24) is 10.2 Å². The van der Waals surface area contributed by atoms with Crippen LogP contribution in [0.15, 0.2) is 102 Å². The number of rotatable bonds is 11. The van der Waals surface area contributed by atoms with Crippen molar-refractivity contribution < 1.29 is 22.4 Å². The third kappa shape index (κ3) is 7.93. The van der Waals surface area contributed by atoms with Crippen LogP contribution in [-0.2, 0) is 32.6 Å². The second-order valence-electron chi connectivity index (χ2n) is 9.89. The first-order valence-corrected chi connectivity index (χ1v) is 15.5. The molecule has 224 valence electrons. The second-order valence-corrected chi connectivity index (χ2v) is 12.6. The molecule has 4 rings (SSSR count). The van der Waals surface area contributed by atoms with E-state index in [2.05, 4.69) is 5.32 Å². The van der Waals surface area contributed by atoms with Gasteiger partial charge in [-0.1, -0.05) is 83.4 Å². The molecule has 0 fully saturated rings. The molecule has 4 aromatic rings. The van der Waals surface area contributed by atoms with E-state index in [9.17, 15) is 22.4 Å². The summed E-state index contributed by atoms with van der Waals surface area (Å²) in [5, 5.41) is 2.93. The number of sulfonamides is 1. The molecule has 0 aliphatic carbocycles. The number of anilines is 1. The Morgan fingerprint density at radius 1 is 0.860 bits per heavy atom. The summed E-state index contributed by atoms with van der Waals surface area (Å²) < 4.78 is 42.7. The molecule has 0 aliphatic rings. The lowest BCUT2D eigenvalue weighted by atomic mass is 10.0. The number of hydrogen-bond donors (Lipinski definition) is 1. The number of carbonyl (C=O) groups is 2. The largest absolute Gasteiger partial charge is 0.357 e. The van der Waals surface area contributed by atoms with Crippen LogP contribution in [0.3, 0.4) is 0 Å². The molecular weight excluding hydrogens is 612 g/mol. The van der Waals surface area contributed by atoms with E-state index in [1.807, 2.05) is 37.3 Å². The molecule has 0 aromatic heterocycles. The summed E-state index contributed by atoms with van der Waals surface area (Å²) in [6.07, 6.45) is 0.158. The molecule has 1 N–H and O–H groups in total. The number of aryl methyl sites for hydroxylation is 1. The first-order valence-electron chi connectivity index (χ1n) is 13.3. The summed E-state index contributed by atoms with van der Waals surface area (Å²) >= 11 is 12.4. The highest BCUT2D eigenvalue weighted by Crippen LogP contribution is 2.31. The lowest BCUT2D eigenvalue weighted by molar-refractivity contribution is -0.139. The van der Waals surface area contributed by atoms with Gasteiger partial charge in [0, 0.05) is 20.0 Å². The Balaban J connectivity index is 1.80. The quantitative estimate of drug-likeness (QED) is 0.217. The van der Waals surface area contributed by atoms with Gasteiger partial charge in [0.25, 0.3) is 10.0 Å². The van der Waals surface area contributed by atoms with E-state index in [1.54, 1.807) is 12.1 Å². The van der Waals surface area contributed by atoms with Crippen LogP contribution in [0.5, 0.6) is 0 Å². The molecule has 2 amide bonds. The molecule has 0 radical (unpaired) electrons. The van der Waals surface area contributed by atoms with Crippen molar-refractivity contribution >= 4 is 50.7 Å². The summed E-state index contributed by atoms with van der Waals surface area (Å²) in [5.74, 6) is -1.55. The van der Waals surface area contributed by atoms with Crippen molar-refractivity contribution in [1.29, 1.82) is 0 Å². The van der Waals surface area contributed by atoms with Crippen molar-refractivity contribution in [2.24, 2.45) is 0 Å². The standard InChI is InChI=1S/C32H30Cl2FN3O4S/c1-22-8-15-27(16-9-22)43(41,42)38(26-14-17-28(33)29(34)19-26)21-31(39)37(20-24-10-12-25(35)13-11-24)30(32(40)36-2)18-23-6-4-3-5-7-23/h3-17,19,30H,18,20-21H2,1-2H3,(H,36,40)/t30-/m1/s1. The van der Waals surface area contributed by atoms with Gasteiger partial charge < -0.3 is 10.2 Å². The number of likely N-dealkylation sites (N-methyl/N-ethyl adjacent to an activating group) is 1. The van der Waals surface area contributed by atoms with E-state index >= 15 is 0 Å². The molecule has 0 bridgehead atoms. The van der Waals surface area contributed by atoms with Crippen LogP contribution in [-0.4, -0.2) is 44.8 Å². The van der Waals surface area contributed by atoms with Gasteiger partial charge in [0.2, 0.25) is 11.8 Å². The third-order valence-electron chi connectivity index (χ3n) is 6.86. The Morgan fingerprint density at radius 2 is 1.51 bits per heavy atom. The maximum absolute atomic E-state index is 14.2. The van der Waals surface area contributed by atoms with Gasteiger partial charge in [0.05, 0.1) is 20.6 Å². The Kier molecular flexibility index (Phi) is 10.4. The normalized spacial score (nSPS) is 11.9. The zero-order chi connectivity index (χ0) is 31.1. The fourth-order valence-corrected chi connectivity index (χ4v) is 6.21. The Bertz CT molecular complexity index is 1690. The molecule has 0 saturated carbocycles. The predicted molar refractivity (Wildman–Crippen MR) is 167 cm³/mol. The molecule has 0 spiro atoms. The Labute approximate surface area is 260 Å². The summed E-state index contributed by atoms with van der Waals surface area (Å²) in [5.41, 5.74) is 2.32. The summed E-state index contributed by atoms with van der Waals surface area (Å²) in [7, 11) is -2.82. The minimum Gasteiger partial charge on any atom is -0.357 e. The van der Waals surface area contributed by atoms with Gasteiger partial charge >= 0.3 is 0 Å². The average molecular weight is 643 g/mol. The molecule has 0 aliphatic heterocycles. The van der Waals surface area contributed by atoms with Crippen LogP contribution >= 0.6 is 23.2 Å². The first kappa shape index (κ1) is 32.0. The maximum atomic E-state index is 14.2. The average Bonchev–Trinajstić information content (AvgIpc) is 3.00. The SMILES string of the molecule is CNC(=O)[C@@H](Cc1ccccc1)N(Cc1ccc(F)cc1)C(=O)CN(c1ccc(Cl)c(Cl)c1)S(=O)(=O)c1ccc(C)cc1. The maximum Gasteiger partial charge on any atom is 0.264 e. The van der Waals surface area contributed by atoms with Crippen LogP contribution < -0.4 is 9.62 Å². The van der Waals surface area contributed by atoms with Gasteiger partial charge in [-0.05, 0) is 60.5 Å². The fourth-order valence-electron chi connectivity index (χ4n) is 4.51. The van der Waals surface area contributed by atoms with Gasteiger partial charge in [-0.15, -0.1) is 0 Å². The van der Waals surface area contributed by atoms with Crippen molar-refractivity contribution in [3.63, 3.8) is 0 Å². The van der Waals surface area contributed by atoms with Crippen LogP contribution in [0.2, 0.25) is 10.0 Å². The number of amides is 2. The van der Waals surface area contributed by atoms with Crippen molar-refractivity contribution in [2.75, 3.05) is 17.9 Å². The molecule has 4 aromatic carbocycles. The van der Waals surface area contributed by atoms with E-state index < -0.39 is 40.2 Å².